The van der Waals surface area contributed by atoms with Gasteiger partial charge in [0.05, 0.1) is 25.7 Å². The Morgan fingerprint density at radius 1 is 0.723 bits per heavy atom. The van der Waals surface area contributed by atoms with E-state index >= 15 is 0 Å². The Morgan fingerprint density at radius 2 is 1.36 bits per heavy atom. The van der Waals surface area contributed by atoms with E-state index in [2.05, 4.69) is 21.3 Å². The first-order valence-electron chi connectivity index (χ1n) is 15.2. The molecule has 17 nitrogen and oxygen atoms in total. The second kappa shape index (κ2) is 22.7. The van der Waals surface area contributed by atoms with Crippen LogP contribution in [0, 0.1) is 5.92 Å². The van der Waals surface area contributed by atoms with Crippen LogP contribution < -0.4 is 32.7 Å². The molecule has 0 bridgehead atoms. The van der Waals surface area contributed by atoms with Gasteiger partial charge in [0.25, 0.3) is 5.91 Å². The summed E-state index contributed by atoms with van der Waals surface area (Å²) in [7, 11) is 0. The lowest BCUT2D eigenvalue weighted by molar-refractivity contribution is -0.143. The molecule has 1 rings (SSSR count). The summed E-state index contributed by atoms with van der Waals surface area (Å²) in [5.74, 6) is -5.66. The Kier molecular flexibility index (Phi) is 19.4. The Labute approximate surface area is 272 Å². The zero-order valence-corrected chi connectivity index (χ0v) is 26.5. The standard InChI is InChI=1S/C30H46N6O11/c1-19(29(42)43)5-11-25(38)36-23(30(44)45)10-12-24(37)33-14-15-46-16-17-47-18-26(39)35-22(27(32)40)4-2-3-13-34-28(41)20-6-8-21(31)9-7-20/h6-9,19,22-23H,2-5,10-18,31H2,1H3,(H2,32,40)(H,33,37)(H,34,41)(H,35,39)(H,36,38)(H,42,43)(H,44,45)/t19-,22-,23?/m0/s1. The molecule has 47 heavy (non-hydrogen) atoms. The number of carbonyl (C=O) groups is 7. The first-order chi connectivity index (χ1) is 22.3. The summed E-state index contributed by atoms with van der Waals surface area (Å²) >= 11 is 0. The number of amides is 5. The number of carboxylic acids is 2. The third-order valence-electron chi connectivity index (χ3n) is 6.75. The van der Waals surface area contributed by atoms with Crippen molar-refractivity contribution in [2.75, 3.05) is 45.3 Å². The van der Waals surface area contributed by atoms with Crippen LogP contribution >= 0.6 is 0 Å². The van der Waals surface area contributed by atoms with Gasteiger partial charge in [-0.15, -0.1) is 0 Å². The molecule has 0 aliphatic carbocycles. The molecule has 0 saturated heterocycles. The van der Waals surface area contributed by atoms with Crippen LogP contribution in [0.4, 0.5) is 5.69 Å². The number of anilines is 1. The van der Waals surface area contributed by atoms with E-state index in [0.717, 1.165) is 0 Å². The molecule has 0 fully saturated rings. The van der Waals surface area contributed by atoms with Crippen molar-refractivity contribution in [1.82, 2.24) is 21.3 Å². The predicted molar refractivity (Wildman–Crippen MR) is 168 cm³/mol. The van der Waals surface area contributed by atoms with Crippen molar-refractivity contribution >= 4 is 47.2 Å². The van der Waals surface area contributed by atoms with Gasteiger partial charge in [0.15, 0.2) is 0 Å². The minimum Gasteiger partial charge on any atom is -0.481 e. The van der Waals surface area contributed by atoms with Gasteiger partial charge in [-0.05, 0) is 56.4 Å². The van der Waals surface area contributed by atoms with Crippen molar-refractivity contribution in [1.29, 1.82) is 0 Å². The minimum atomic E-state index is -1.31. The first kappa shape index (κ1) is 40.3. The van der Waals surface area contributed by atoms with Crippen molar-refractivity contribution < 1.29 is 53.2 Å². The molecule has 10 N–H and O–H groups in total. The lowest BCUT2D eigenvalue weighted by Gasteiger charge is -2.16. The van der Waals surface area contributed by atoms with Crippen LogP contribution in [0.15, 0.2) is 24.3 Å². The van der Waals surface area contributed by atoms with Gasteiger partial charge < -0.3 is 52.4 Å². The highest BCUT2D eigenvalue weighted by molar-refractivity contribution is 5.94. The Morgan fingerprint density at radius 3 is 2.00 bits per heavy atom. The minimum absolute atomic E-state index is 0.0554. The van der Waals surface area contributed by atoms with E-state index in [1.165, 1.54) is 6.92 Å². The average molecular weight is 667 g/mol. The van der Waals surface area contributed by atoms with Gasteiger partial charge in [0.2, 0.25) is 23.6 Å². The Balaban J connectivity index is 2.14. The number of unbranched alkanes of at least 4 members (excludes halogenated alkanes) is 1. The molecule has 0 radical (unpaired) electrons. The smallest absolute Gasteiger partial charge is 0.326 e. The fourth-order valence-electron chi connectivity index (χ4n) is 3.94. The first-order valence-corrected chi connectivity index (χ1v) is 15.2. The summed E-state index contributed by atoms with van der Waals surface area (Å²) in [5, 5.41) is 28.3. The van der Waals surface area contributed by atoms with Crippen LogP contribution in [0.5, 0.6) is 0 Å². The third-order valence-corrected chi connectivity index (χ3v) is 6.75. The number of hydrogen-bond acceptors (Lipinski definition) is 10. The van der Waals surface area contributed by atoms with Crippen molar-refractivity contribution in [2.24, 2.45) is 11.7 Å². The number of benzene rings is 1. The maximum Gasteiger partial charge on any atom is 0.326 e. The average Bonchev–Trinajstić information content (AvgIpc) is 3.02. The molecular formula is C30H46N6O11. The van der Waals surface area contributed by atoms with Gasteiger partial charge in [0, 0.05) is 37.2 Å². The van der Waals surface area contributed by atoms with E-state index in [1.54, 1.807) is 24.3 Å². The number of nitrogens with one attached hydrogen (secondary N) is 4. The number of nitrogen functional groups attached to an aromatic ring is 1. The van der Waals surface area contributed by atoms with Gasteiger partial charge in [0.1, 0.15) is 18.7 Å². The third kappa shape index (κ3) is 18.7. The zero-order chi connectivity index (χ0) is 35.2. The summed E-state index contributed by atoms with van der Waals surface area (Å²) in [6.07, 6.45) is 0.944. The molecule has 1 aromatic rings. The lowest BCUT2D eigenvalue weighted by atomic mass is 10.1. The molecule has 1 aromatic carbocycles. The number of carboxylic acid groups (broad SMARTS) is 2. The van der Waals surface area contributed by atoms with E-state index in [1.807, 2.05) is 0 Å². The van der Waals surface area contributed by atoms with Crippen LogP contribution in [-0.4, -0.2) is 103 Å². The second-order valence-electron chi connectivity index (χ2n) is 10.7. The normalized spacial score (nSPS) is 12.6. The summed E-state index contributed by atoms with van der Waals surface area (Å²) in [4.78, 5) is 82.2. The highest BCUT2D eigenvalue weighted by Gasteiger charge is 2.22. The molecular weight excluding hydrogens is 620 g/mol. The van der Waals surface area contributed by atoms with E-state index in [-0.39, 0.29) is 71.0 Å². The quantitative estimate of drug-likeness (QED) is 0.0468. The van der Waals surface area contributed by atoms with Crippen LogP contribution in [0.3, 0.4) is 0 Å². The summed E-state index contributed by atoms with van der Waals surface area (Å²) in [6, 6.07) is 4.30. The fraction of sp³-hybridized carbons (Fsp3) is 0.567. The SMILES string of the molecule is C[C@@H](CCC(=O)NC(CCC(=O)NCCOCCOCC(=O)N[C@@H](CCCCNC(=O)c1ccc(N)cc1)C(N)=O)C(=O)O)C(=O)O. The van der Waals surface area contributed by atoms with Gasteiger partial charge in [-0.2, -0.15) is 0 Å². The number of rotatable bonds is 25. The largest absolute Gasteiger partial charge is 0.481 e. The highest BCUT2D eigenvalue weighted by Crippen LogP contribution is 2.07. The van der Waals surface area contributed by atoms with E-state index in [0.29, 0.717) is 30.6 Å². The summed E-state index contributed by atoms with van der Waals surface area (Å²) < 4.78 is 10.5. The summed E-state index contributed by atoms with van der Waals surface area (Å²) in [6.45, 7) is 1.89. The van der Waals surface area contributed by atoms with Gasteiger partial charge in [-0.1, -0.05) is 6.92 Å². The maximum atomic E-state index is 12.1. The number of primary amides is 1. The van der Waals surface area contributed by atoms with Crippen molar-refractivity contribution in [2.45, 2.75) is 64.0 Å². The molecule has 5 amide bonds. The second-order valence-corrected chi connectivity index (χ2v) is 10.7. The highest BCUT2D eigenvalue weighted by atomic mass is 16.5. The zero-order valence-electron chi connectivity index (χ0n) is 26.5. The Hall–Kier alpha value is -4.77. The van der Waals surface area contributed by atoms with E-state index < -0.39 is 53.6 Å². The predicted octanol–water partition coefficient (Wildman–Crippen LogP) is -0.861. The number of carbonyl (C=O) groups excluding carboxylic acids is 5. The maximum absolute atomic E-state index is 12.1. The summed E-state index contributed by atoms with van der Waals surface area (Å²) in [5.41, 5.74) is 12.0. The molecule has 0 aromatic heterocycles. The molecule has 0 aliphatic heterocycles. The van der Waals surface area contributed by atoms with Crippen LogP contribution in [0.2, 0.25) is 0 Å². The molecule has 0 aliphatic rings. The fourth-order valence-corrected chi connectivity index (χ4v) is 3.94. The topological polar surface area (TPSA) is 279 Å². The number of nitrogens with two attached hydrogens (primary N) is 2. The van der Waals surface area contributed by atoms with Gasteiger partial charge in [-0.25, -0.2) is 4.79 Å². The monoisotopic (exact) mass is 666 g/mol. The number of aliphatic carboxylic acids is 2. The van der Waals surface area contributed by atoms with Gasteiger partial charge >= 0.3 is 11.9 Å². The molecule has 3 atom stereocenters. The number of hydrogen-bond donors (Lipinski definition) is 8. The van der Waals surface area contributed by atoms with E-state index in [9.17, 15) is 38.7 Å². The van der Waals surface area contributed by atoms with Crippen molar-refractivity contribution in [3.8, 4) is 0 Å². The number of ether oxygens (including phenoxy) is 2. The van der Waals surface area contributed by atoms with Crippen LogP contribution in [-0.2, 0) is 38.2 Å². The lowest BCUT2D eigenvalue weighted by Crippen LogP contribution is -2.45. The molecule has 262 valence electrons. The van der Waals surface area contributed by atoms with Crippen LogP contribution in [0.25, 0.3) is 0 Å². The van der Waals surface area contributed by atoms with Gasteiger partial charge in [-0.3, -0.25) is 28.8 Å². The van der Waals surface area contributed by atoms with E-state index in [4.69, 9.17) is 26.0 Å². The molecule has 0 saturated carbocycles. The van der Waals surface area contributed by atoms with Crippen molar-refractivity contribution in [3.63, 3.8) is 0 Å². The van der Waals surface area contributed by atoms with Crippen LogP contribution in [0.1, 0.15) is 62.2 Å². The van der Waals surface area contributed by atoms with Crippen molar-refractivity contribution in [3.05, 3.63) is 29.8 Å². The Bertz CT molecular complexity index is 1200. The molecule has 0 spiro atoms. The molecule has 0 heterocycles. The molecule has 1 unspecified atom stereocenters. The molecule has 17 heteroatoms.